The minimum absolute atomic E-state index is 0.235. The maximum absolute atomic E-state index is 7.53. The molecule has 0 unspecified atom stereocenters. The second-order valence-electron chi connectivity index (χ2n) is 8.13. The summed E-state index contributed by atoms with van der Waals surface area (Å²) in [6.45, 7) is 0. The van der Waals surface area contributed by atoms with Gasteiger partial charge in [-0.15, -0.1) is 0 Å². The zero-order chi connectivity index (χ0) is 23.1. The second kappa shape index (κ2) is 7.98. The molecule has 2 aromatic heterocycles. The standard InChI is InChI=1S/C29H20N4O/c30-17-26-32-27-24-16-20(11-12-25(24)34-28(27)29(31)33-26)23-14-21(18-7-3-1-4-8-18)13-22(15-23)19-9-5-2-6-10-19/h1-17,30H,(H2,31,32,33). The third-order valence-corrected chi connectivity index (χ3v) is 5.97. The molecule has 6 rings (SSSR count). The molecule has 34 heavy (non-hydrogen) atoms. The fourth-order valence-electron chi connectivity index (χ4n) is 4.32. The van der Waals surface area contributed by atoms with Gasteiger partial charge in [0.05, 0.1) is 6.21 Å². The van der Waals surface area contributed by atoms with E-state index >= 15 is 0 Å². The molecule has 0 aliphatic carbocycles. The number of nitrogen functional groups attached to an aromatic ring is 1. The first-order valence-electron chi connectivity index (χ1n) is 11.0. The highest BCUT2D eigenvalue weighted by Crippen LogP contribution is 2.36. The second-order valence-corrected chi connectivity index (χ2v) is 8.13. The van der Waals surface area contributed by atoms with Crippen LogP contribution in [0.4, 0.5) is 5.82 Å². The van der Waals surface area contributed by atoms with Crippen LogP contribution in [0.2, 0.25) is 0 Å². The van der Waals surface area contributed by atoms with Crippen LogP contribution in [0.15, 0.2) is 101 Å². The third-order valence-electron chi connectivity index (χ3n) is 5.97. The van der Waals surface area contributed by atoms with Crippen molar-refractivity contribution < 1.29 is 4.42 Å². The summed E-state index contributed by atoms with van der Waals surface area (Å²) in [4.78, 5) is 8.60. The van der Waals surface area contributed by atoms with Crippen LogP contribution in [0.5, 0.6) is 0 Å². The lowest BCUT2D eigenvalue weighted by Gasteiger charge is -2.11. The van der Waals surface area contributed by atoms with Crippen LogP contribution in [-0.2, 0) is 0 Å². The Kier molecular flexibility index (Phi) is 4.66. The molecule has 0 spiro atoms. The Morgan fingerprint density at radius 2 is 1.24 bits per heavy atom. The lowest BCUT2D eigenvalue weighted by atomic mass is 9.93. The minimum atomic E-state index is 0.235. The lowest BCUT2D eigenvalue weighted by molar-refractivity contribution is 0.667. The summed E-state index contributed by atoms with van der Waals surface area (Å²) in [6.07, 6.45) is 1.09. The first-order valence-corrected chi connectivity index (χ1v) is 11.0. The van der Waals surface area contributed by atoms with Gasteiger partial charge in [-0.25, -0.2) is 9.97 Å². The van der Waals surface area contributed by atoms with Crippen molar-refractivity contribution >= 4 is 34.1 Å². The number of hydrogen-bond acceptors (Lipinski definition) is 5. The van der Waals surface area contributed by atoms with Crippen molar-refractivity contribution in [1.82, 2.24) is 9.97 Å². The van der Waals surface area contributed by atoms with Gasteiger partial charge in [-0.3, -0.25) is 0 Å². The van der Waals surface area contributed by atoms with Gasteiger partial charge in [-0.05, 0) is 63.7 Å². The Balaban J connectivity index is 1.58. The van der Waals surface area contributed by atoms with Gasteiger partial charge < -0.3 is 15.6 Å². The molecule has 6 aromatic rings. The monoisotopic (exact) mass is 440 g/mol. The van der Waals surface area contributed by atoms with Crippen LogP contribution in [0.25, 0.3) is 55.4 Å². The number of benzene rings is 4. The highest BCUT2D eigenvalue weighted by molar-refractivity contribution is 6.07. The Labute approximate surface area is 196 Å². The van der Waals surface area contributed by atoms with E-state index in [1.807, 2.05) is 24.3 Å². The summed E-state index contributed by atoms with van der Waals surface area (Å²) in [7, 11) is 0. The molecule has 3 N–H and O–H groups in total. The van der Waals surface area contributed by atoms with E-state index in [0.717, 1.165) is 45.0 Å². The van der Waals surface area contributed by atoms with E-state index in [1.165, 1.54) is 0 Å². The fourth-order valence-corrected chi connectivity index (χ4v) is 4.32. The van der Waals surface area contributed by atoms with Gasteiger partial charge in [0.25, 0.3) is 0 Å². The number of anilines is 1. The molecule has 0 atom stereocenters. The molecule has 0 fully saturated rings. The summed E-state index contributed by atoms with van der Waals surface area (Å²) in [5.74, 6) is 0.495. The van der Waals surface area contributed by atoms with Gasteiger partial charge in [0, 0.05) is 5.39 Å². The highest BCUT2D eigenvalue weighted by Gasteiger charge is 2.15. The molecule has 5 heteroatoms. The molecule has 0 saturated heterocycles. The number of fused-ring (bicyclic) bond motifs is 3. The van der Waals surface area contributed by atoms with Crippen LogP contribution in [0.1, 0.15) is 5.82 Å². The van der Waals surface area contributed by atoms with Crippen LogP contribution in [-0.4, -0.2) is 16.2 Å². The van der Waals surface area contributed by atoms with Crippen LogP contribution in [0, 0.1) is 5.41 Å². The van der Waals surface area contributed by atoms with Crippen LogP contribution < -0.4 is 5.73 Å². The largest absolute Gasteiger partial charge is 0.450 e. The fraction of sp³-hybridized carbons (Fsp3) is 0. The van der Waals surface area contributed by atoms with E-state index in [1.54, 1.807) is 0 Å². The molecule has 0 aliphatic heterocycles. The minimum Gasteiger partial charge on any atom is -0.450 e. The summed E-state index contributed by atoms with van der Waals surface area (Å²) in [6, 6.07) is 33.5. The van der Waals surface area contributed by atoms with E-state index in [0.29, 0.717) is 16.7 Å². The van der Waals surface area contributed by atoms with E-state index < -0.39 is 0 Å². The topological polar surface area (TPSA) is 88.8 Å². The average molecular weight is 441 g/mol. The number of aromatic nitrogens is 2. The van der Waals surface area contributed by atoms with E-state index in [9.17, 15) is 0 Å². The number of nitrogens with two attached hydrogens (primary N) is 1. The van der Waals surface area contributed by atoms with E-state index in [2.05, 4.69) is 82.8 Å². The Morgan fingerprint density at radius 1 is 0.647 bits per heavy atom. The lowest BCUT2D eigenvalue weighted by Crippen LogP contribution is -1.98. The smallest absolute Gasteiger partial charge is 0.195 e. The van der Waals surface area contributed by atoms with E-state index in [-0.39, 0.29) is 11.6 Å². The number of hydrogen-bond donors (Lipinski definition) is 2. The predicted molar refractivity (Wildman–Crippen MR) is 138 cm³/mol. The van der Waals surface area contributed by atoms with Crippen molar-refractivity contribution in [2.75, 3.05) is 5.73 Å². The Hall–Kier alpha value is -4.77. The van der Waals surface area contributed by atoms with Crippen LogP contribution in [0.3, 0.4) is 0 Å². The predicted octanol–water partition coefficient (Wildman–Crippen LogP) is 6.96. The molecule has 0 aliphatic rings. The van der Waals surface area contributed by atoms with Gasteiger partial charge in [-0.1, -0.05) is 66.7 Å². The first-order chi connectivity index (χ1) is 16.7. The molecule has 0 saturated carbocycles. The summed E-state index contributed by atoms with van der Waals surface area (Å²) >= 11 is 0. The molecule has 0 amide bonds. The number of nitrogens with zero attached hydrogens (tertiary/aromatic N) is 2. The van der Waals surface area contributed by atoms with Crippen molar-refractivity contribution in [3.8, 4) is 33.4 Å². The molecular formula is C29H20N4O. The maximum atomic E-state index is 7.53. The Morgan fingerprint density at radius 3 is 1.82 bits per heavy atom. The maximum Gasteiger partial charge on any atom is 0.195 e. The quantitative estimate of drug-likeness (QED) is 0.290. The average Bonchev–Trinajstić information content (AvgIpc) is 3.28. The third kappa shape index (κ3) is 3.40. The molecule has 0 bridgehead atoms. The van der Waals surface area contributed by atoms with Gasteiger partial charge >= 0.3 is 0 Å². The van der Waals surface area contributed by atoms with Crippen molar-refractivity contribution in [2.24, 2.45) is 0 Å². The molecule has 2 heterocycles. The molecule has 5 nitrogen and oxygen atoms in total. The molecule has 0 radical (unpaired) electrons. The first kappa shape index (κ1) is 19.9. The highest BCUT2D eigenvalue weighted by atomic mass is 16.3. The zero-order valence-electron chi connectivity index (χ0n) is 18.2. The summed E-state index contributed by atoms with van der Waals surface area (Å²) in [5, 5.41) is 8.37. The van der Waals surface area contributed by atoms with Crippen molar-refractivity contribution in [3.05, 3.63) is 103 Å². The van der Waals surface area contributed by atoms with Gasteiger partial charge in [0.15, 0.2) is 17.2 Å². The van der Waals surface area contributed by atoms with Gasteiger partial charge in [0.2, 0.25) is 0 Å². The van der Waals surface area contributed by atoms with Crippen LogP contribution >= 0.6 is 0 Å². The zero-order valence-corrected chi connectivity index (χ0v) is 18.2. The Bertz CT molecular complexity index is 1610. The van der Waals surface area contributed by atoms with E-state index in [4.69, 9.17) is 15.6 Å². The van der Waals surface area contributed by atoms with Crippen molar-refractivity contribution in [3.63, 3.8) is 0 Å². The summed E-state index contributed by atoms with van der Waals surface area (Å²) in [5.41, 5.74) is 14.6. The number of rotatable bonds is 4. The normalized spacial score (nSPS) is 11.2. The van der Waals surface area contributed by atoms with Gasteiger partial charge in [0.1, 0.15) is 11.1 Å². The number of nitrogens with one attached hydrogen (secondary N) is 1. The summed E-state index contributed by atoms with van der Waals surface area (Å²) < 4.78 is 5.93. The molecule has 4 aromatic carbocycles. The molecular weight excluding hydrogens is 420 g/mol. The van der Waals surface area contributed by atoms with Crippen molar-refractivity contribution in [2.45, 2.75) is 0 Å². The number of furan rings is 1. The molecule has 162 valence electrons. The van der Waals surface area contributed by atoms with Gasteiger partial charge in [-0.2, -0.15) is 0 Å². The van der Waals surface area contributed by atoms with Crippen molar-refractivity contribution in [1.29, 1.82) is 5.41 Å². The SMILES string of the molecule is N=Cc1nc(N)c2oc3ccc(-c4cc(-c5ccccc5)cc(-c5ccccc5)c4)cc3c2n1.